The Balaban J connectivity index is 1.90. The second-order valence-electron chi connectivity index (χ2n) is 5.76. The van der Waals surface area contributed by atoms with Gasteiger partial charge in [-0.1, -0.05) is 18.2 Å². The van der Waals surface area contributed by atoms with Crippen LogP contribution in [0.1, 0.15) is 16.7 Å². The summed E-state index contributed by atoms with van der Waals surface area (Å²) < 4.78 is 10.5. The number of benzene rings is 2. The molecule has 1 atom stereocenters. The van der Waals surface area contributed by atoms with Crippen LogP contribution >= 0.6 is 0 Å². The molecular formula is C19H18O5. The summed E-state index contributed by atoms with van der Waals surface area (Å²) >= 11 is 0. The van der Waals surface area contributed by atoms with E-state index in [9.17, 15) is 15.0 Å². The maximum atomic E-state index is 11.7. The van der Waals surface area contributed by atoms with E-state index in [-0.39, 0.29) is 11.5 Å². The number of ether oxygens (including phenoxy) is 2. The van der Waals surface area contributed by atoms with Crippen molar-refractivity contribution in [1.82, 2.24) is 0 Å². The maximum absolute atomic E-state index is 11.7. The SMILES string of the molecule is COc1cc(CC2OC(=O)C=C2c2ccc(C)cc2O)ccc1O. The van der Waals surface area contributed by atoms with Crippen LogP contribution in [-0.4, -0.2) is 29.4 Å². The zero-order valence-electron chi connectivity index (χ0n) is 13.4. The lowest BCUT2D eigenvalue weighted by molar-refractivity contribution is -0.138. The number of carbonyl (C=O) groups is 1. The highest BCUT2D eigenvalue weighted by Gasteiger charge is 2.29. The van der Waals surface area contributed by atoms with E-state index < -0.39 is 12.1 Å². The average molecular weight is 326 g/mol. The van der Waals surface area contributed by atoms with Crippen molar-refractivity contribution in [1.29, 1.82) is 0 Å². The van der Waals surface area contributed by atoms with Gasteiger partial charge in [-0.25, -0.2) is 4.79 Å². The first-order valence-electron chi connectivity index (χ1n) is 7.56. The minimum Gasteiger partial charge on any atom is -0.507 e. The first kappa shape index (κ1) is 15.9. The Kier molecular flexibility index (Phi) is 4.16. The number of phenols is 2. The van der Waals surface area contributed by atoms with Gasteiger partial charge in [0.25, 0.3) is 0 Å². The standard InChI is InChI=1S/C19H18O5/c1-11-3-5-13(16(21)7-11)14-10-19(22)24-17(14)8-12-4-6-15(20)18(9-12)23-2/h3-7,9-10,17,20-21H,8H2,1-2H3. The Labute approximate surface area is 139 Å². The van der Waals surface area contributed by atoms with Gasteiger partial charge >= 0.3 is 5.97 Å². The largest absolute Gasteiger partial charge is 0.507 e. The van der Waals surface area contributed by atoms with E-state index in [0.29, 0.717) is 23.3 Å². The normalized spacial score (nSPS) is 16.7. The summed E-state index contributed by atoms with van der Waals surface area (Å²) in [7, 11) is 1.48. The van der Waals surface area contributed by atoms with Crippen LogP contribution in [0.3, 0.4) is 0 Å². The molecule has 5 heteroatoms. The van der Waals surface area contributed by atoms with Gasteiger partial charge in [0, 0.05) is 23.6 Å². The number of aromatic hydroxyl groups is 2. The third-order valence-electron chi connectivity index (χ3n) is 4.01. The van der Waals surface area contributed by atoms with Crippen LogP contribution in [-0.2, 0) is 16.0 Å². The Bertz CT molecular complexity index is 823. The zero-order valence-corrected chi connectivity index (χ0v) is 13.4. The molecule has 0 bridgehead atoms. The molecule has 5 nitrogen and oxygen atoms in total. The van der Waals surface area contributed by atoms with Crippen molar-refractivity contribution < 1.29 is 24.5 Å². The summed E-state index contributed by atoms with van der Waals surface area (Å²) in [6.45, 7) is 1.88. The van der Waals surface area contributed by atoms with Gasteiger partial charge in [0.15, 0.2) is 11.5 Å². The quantitative estimate of drug-likeness (QED) is 0.845. The zero-order chi connectivity index (χ0) is 17.3. The van der Waals surface area contributed by atoms with Crippen molar-refractivity contribution in [3.05, 3.63) is 59.2 Å². The smallest absolute Gasteiger partial charge is 0.331 e. The number of aryl methyl sites for hydroxylation is 1. The minimum absolute atomic E-state index is 0.0524. The van der Waals surface area contributed by atoms with E-state index in [1.165, 1.54) is 19.3 Å². The molecule has 0 amide bonds. The van der Waals surface area contributed by atoms with Gasteiger partial charge in [-0.3, -0.25) is 0 Å². The van der Waals surface area contributed by atoms with Crippen molar-refractivity contribution in [2.75, 3.05) is 7.11 Å². The summed E-state index contributed by atoms with van der Waals surface area (Å²) in [6, 6.07) is 10.3. The number of esters is 1. The molecule has 0 saturated heterocycles. The third kappa shape index (κ3) is 3.06. The molecular weight excluding hydrogens is 308 g/mol. The summed E-state index contributed by atoms with van der Waals surface area (Å²) in [5.74, 6) is 0.103. The fourth-order valence-electron chi connectivity index (χ4n) is 2.81. The fourth-order valence-corrected chi connectivity index (χ4v) is 2.81. The molecule has 1 unspecified atom stereocenters. The number of hydrogen-bond acceptors (Lipinski definition) is 5. The van der Waals surface area contributed by atoms with Crippen LogP contribution in [0, 0.1) is 6.92 Å². The molecule has 24 heavy (non-hydrogen) atoms. The predicted octanol–water partition coefficient (Wildman–Crippen LogP) is 2.97. The number of phenolic OH excluding ortho intramolecular Hbond substituents is 2. The first-order chi connectivity index (χ1) is 11.5. The van der Waals surface area contributed by atoms with E-state index in [4.69, 9.17) is 9.47 Å². The molecule has 1 aliphatic heterocycles. The molecule has 0 spiro atoms. The van der Waals surface area contributed by atoms with Crippen LogP contribution < -0.4 is 4.74 Å². The summed E-state index contributed by atoms with van der Waals surface area (Å²) in [5, 5.41) is 19.9. The molecule has 0 aromatic heterocycles. The van der Waals surface area contributed by atoms with E-state index >= 15 is 0 Å². The maximum Gasteiger partial charge on any atom is 0.331 e. The molecule has 0 fully saturated rings. The Morgan fingerprint density at radius 3 is 2.62 bits per heavy atom. The van der Waals surface area contributed by atoms with E-state index in [1.807, 2.05) is 13.0 Å². The predicted molar refractivity (Wildman–Crippen MR) is 89.1 cm³/mol. The van der Waals surface area contributed by atoms with Crippen molar-refractivity contribution in [3.8, 4) is 17.2 Å². The highest BCUT2D eigenvalue weighted by atomic mass is 16.5. The molecule has 0 radical (unpaired) electrons. The highest BCUT2D eigenvalue weighted by molar-refractivity contribution is 5.98. The van der Waals surface area contributed by atoms with Crippen molar-refractivity contribution >= 4 is 11.5 Å². The minimum atomic E-state index is -0.500. The van der Waals surface area contributed by atoms with Gasteiger partial charge in [-0.15, -0.1) is 0 Å². The summed E-state index contributed by atoms with van der Waals surface area (Å²) in [5.41, 5.74) is 3.01. The second-order valence-corrected chi connectivity index (χ2v) is 5.76. The fraction of sp³-hybridized carbons (Fsp3) is 0.211. The first-order valence-corrected chi connectivity index (χ1v) is 7.56. The third-order valence-corrected chi connectivity index (χ3v) is 4.01. The number of hydrogen-bond donors (Lipinski definition) is 2. The Morgan fingerprint density at radius 1 is 1.12 bits per heavy atom. The Morgan fingerprint density at radius 2 is 1.92 bits per heavy atom. The van der Waals surface area contributed by atoms with Crippen LogP contribution in [0.4, 0.5) is 0 Å². The monoisotopic (exact) mass is 326 g/mol. The molecule has 3 rings (SSSR count). The second kappa shape index (κ2) is 6.28. The number of rotatable bonds is 4. The molecule has 0 saturated carbocycles. The lowest BCUT2D eigenvalue weighted by Crippen LogP contribution is -2.15. The van der Waals surface area contributed by atoms with Crippen LogP contribution in [0.25, 0.3) is 5.57 Å². The van der Waals surface area contributed by atoms with Crippen molar-refractivity contribution in [3.63, 3.8) is 0 Å². The van der Waals surface area contributed by atoms with Crippen LogP contribution in [0.2, 0.25) is 0 Å². The van der Waals surface area contributed by atoms with E-state index in [1.54, 1.807) is 24.3 Å². The van der Waals surface area contributed by atoms with E-state index in [2.05, 4.69) is 0 Å². The summed E-state index contributed by atoms with van der Waals surface area (Å²) in [6.07, 6.45) is 1.33. The van der Waals surface area contributed by atoms with Gasteiger partial charge in [-0.2, -0.15) is 0 Å². The lowest BCUT2D eigenvalue weighted by Gasteiger charge is -2.16. The topological polar surface area (TPSA) is 76.0 Å². The van der Waals surface area contributed by atoms with Gasteiger partial charge in [0.1, 0.15) is 11.9 Å². The summed E-state index contributed by atoms with van der Waals surface area (Å²) in [4.78, 5) is 11.7. The molecule has 2 N–H and O–H groups in total. The molecule has 1 aliphatic rings. The number of cyclic esters (lactones) is 1. The van der Waals surface area contributed by atoms with Gasteiger partial charge < -0.3 is 19.7 Å². The lowest BCUT2D eigenvalue weighted by atomic mass is 9.95. The van der Waals surface area contributed by atoms with Crippen LogP contribution in [0.5, 0.6) is 17.2 Å². The van der Waals surface area contributed by atoms with Gasteiger partial charge in [-0.05, 0) is 36.2 Å². The molecule has 124 valence electrons. The van der Waals surface area contributed by atoms with E-state index in [0.717, 1.165) is 11.1 Å². The molecule has 2 aromatic carbocycles. The number of methoxy groups -OCH3 is 1. The van der Waals surface area contributed by atoms with Crippen molar-refractivity contribution in [2.24, 2.45) is 0 Å². The highest BCUT2D eigenvalue weighted by Crippen LogP contribution is 2.35. The van der Waals surface area contributed by atoms with Crippen molar-refractivity contribution in [2.45, 2.75) is 19.4 Å². The number of carbonyl (C=O) groups excluding carboxylic acids is 1. The molecule has 1 heterocycles. The molecule has 2 aromatic rings. The molecule has 0 aliphatic carbocycles. The van der Waals surface area contributed by atoms with Gasteiger partial charge in [0.05, 0.1) is 7.11 Å². The average Bonchev–Trinajstić information content (AvgIpc) is 2.89. The van der Waals surface area contributed by atoms with Crippen LogP contribution in [0.15, 0.2) is 42.5 Å². The van der Waals surface area contributed by atoms with Gasteiger partial charge in [0.2, 0.25) is 0 Å². The Hall–Kier alpha value is -2.95.